The second kappa shape index (κ2) is 11.8. The normalized spacial score (nSPS) is 11.8. The molecule has 38 heavy (non-hydrogen) atoms. The number of rotatable bonds is 10. The van der Waals surface area contributed by atoms with Crippen molar-refractivity contribution in [3.05, 3.63) is 108 Å². The maximum absolute atomic E-state index is 12.6. The maximum atomic E-state index is 12.6. The topological polar surface area (TPSA) is 62.6 Å². The molecule has 0 spiro atoms. The fraction of sp³-hybridized carbons (Fsp3) is 0.290. The van der Waals surface area contributed by atoms with E-state index in [1.165, 1.54) is 10.4 Å². The quantitative estimate of drug-likeness (QED) is 0.209. The van der Waals surface area contributed by atoms with Gasteiger partial charge >= 0.3 is 5.97 Å². The molecular formula is C31H36N2O4Si. The number of hydrogen-bond acceptors (Lipinski definition) is 5. The molecule has 0 aliphatic heterocycles. The van der Waals surface area contributed by atoms with Gasteiger partial charge < -0.3 is 13.9 Å². The molecule has 198 valence electrons. The van der Waals surface area contributed by atoms with E-state index < -0.39 is 14.3 Å². The minimum absolute atomic E-state index is 0.166. The molecule has 0 atom stereocenters. The molecule has 0 aliphatic rings. The Kier molecular flexibility index (Phi) is 8.49. The fourth-order valence-corrected chi connectivity index (χ4v) is 9.38. The number of benzene rings is 3. The molecule has 6 nitrogen and oxygen atoms in total. The van der Waals surface area contributed by atoms with Gasteiger partial charge in [0, 0.05) is 0 Å². The Balaban J connectivity index is 1.76. The molecule has 0 bridgehead atoms. The van der Waals surface area contributed by atoms with E-state index in [2.05, 4.69) is 74.4 Å². The lowest BCUT2D eigenvalue weighted by Gasteiger charge is -2.43. The van der Waals surface area contributed by atoms with Gasteiger partial charge in [0.2, 0.25) is 0 Å². The summed E-state index contributed by atoms with van der Waals surface area (Å²) in [5, 5.41) is 6.85. The first kappa shape index (κ1) is 27.4. The van der Waals surface area contributed by atoms with E-state index >= 15 is 0 Å². The molecule has 0 aliphatic carbocycles. The third-order valence-electron chi connectivity index (χ3n) is 6.69. The summed E-state index contributed by atoms with van der Waals surface area (Å²) < 4.78 is 19.5. The van der Waals surface area contributed by atoms with Gasteiger partial charge in [0.05, 0.1) is 32.6 Å². The van der Waals surface area contributed by atoms with E-state index in [0.717, 1.165) is 17.0 Å². The number of hydrogen-bond donors (Lipinski definition) is 0. The summed E-state index contributed by atoms with van der Waals surface area (Å²) in [6.07, 6.45) is 0. The van der Waals surface area contributed by atoms with Crippen molar-refractivity contribution in [2.45, 2.75) is 45.9 Å². The second-order valence-corrected chi connectivity index (χ2v) is 14.5. The van der Waals surface area contributed by atoms with Crippen LogP contribution in [-0.4, -0.2) is 37.8 Å². The summed E-state index contributed by atoms with van der Waals surface area (Å²) in [4.78, 5) is 12.6. The summed E-state index contributed by atoms with van der Waals surface area (Å²) in [5.74, 6) is 0.351. The van der Waals surface area contributed by atoms with E-state index in [-0.39, 0.29) is 17.3 Å². The Labute approximate surface area is 226 Å². The van der Waals surface area contributed by atoms with E-state index in [0.29, 0.717) is 13.2 Å². The zero-order chi connectivity index (χ0) is 27.2. The third kappa shape index (κ3) is 5.74. The first-order chi connectivity index (χ1) is 18.3. The van der Waals surface area contributed by atoms with Crippen LogP contribution in [0.15, 0.2) is 91.0 Å². The summed E-state index contributed by atoms with van der Waals surface area (Å²) in [6, 6.07) is 30.7. The Morgan fingerprint density at radius 1 is 0.895 bits per heavy atom. The molecule has 1 heterocycles. The number of carbonyl (C=O) groups is 1. The van der Waals surface area contributed by atoms with Crippen LogP contribution in [0.3, 0.4) is 0 Å². The smallest absolute Gasteiger partial charge is 0.358 e. The molecule has 0 amide bonds. The molecule has 3 aromatic carbocycles. The fourth-order valence-electron chi connectivity index (χ4n) is 4.86. The third-order valence-corrected chi connectivity index (χ3v) is 11.7. The minimum atomic E-state index is -2.77. The first-order valence-electron chi connectivity index (χ1n) is 12.9. The van der Waals surface area contributed by atoms with E-state index in [1.807, 2.05) is 41.1 Å². The van der Waals surface area contributed by atoms with Crippen molar-refractivity contribution in [2.75, 3.05) is 13.7 Å². The van der Waals surface area contributed by atoms with Gasteiger partial charge in [-0.15, -0.1) is 0 Å². The number of aromatic nitrogens is 2. The van der Waals surface area contributed by atoms with Crippen LogP contribution in [-0.2, 0) is 22.3 Å². The van der Waals surface area contributed by atoms with Crippen LogP contribution in [0.4, 0.5) is 0 Å². The van der Waals surface area contributed by atoms with Crippen molar-refractivity contribution >= 4 is 24.7 Å². The van der Waals surface area contributed by atoms with Gasteiger partial charge in [0.25, 0.3) is 8.32 Å². The van der Waals surface area contributed by atoms with Crippen molar-refractivity contribution in [2.24, 2.45) is 0 Å². The monoisotopic (exact) mass is 528 g/mol. The van der Waals surface area contributed by atoms with Gasteiger partial charge in [0.1, 0.15) is 5.75 Å². The van der Waals surface area contributed by atoms with Crippen LogP contribution in [0.1, 0.15) is 49.4 Å². The highest BCUT2D eigenvalue weighted by Gasteiger charge is 2.50. The highest BCUT2D eigenvalue weighted by atomic mass is 28.4. The van der Waals surface area contributed by atoms with Crippen LogP contribution in [0.2, 0.25) is 5.04 Å². The highest BCUT2D eigenvalue weighted by Crippen LogP contribution is 2.37. The van der Waals surface area contributed by atoms with Crippen LogP contribution in [0, 0.1) is 0 Å². The van der Waals surface area contributed by atoms with E-state index in [9.17, 15) is 4.79 Å². The van der Waals surface area contributed by atoms with Crippen LogP contribution < -0.4 is 15.1 Å². The summed E-state index contributed by atoms with van der Waals surface area (Å²) in [5.41, 5.74) is 2.13. The first-order valence-corrected chi connectivity index (χ1v) is 14.8. The van der Waals surface area contributed by atoms with Crippen LogP contribution in [0.5, 0.6) is 5.75 Å². The molecule has 0 unspecified atom stereocenters. The zero-order valence-electron chi connectivity index (χ0n) is 22.8. The molecule has 7 heteroatoms. The SMILES string of the molecule is CCOC(=O)c1cc(CO[Si](c2ccccc2)(c2ccccc2)C(C)(C)C)n(Cc2ccc(OC)cc2)n1. The average Bonchev–Trinajstić information content (AvgIpc) is 3.33. The maximum Gasteiger partial charge on any atom is 0.358 e. The summed E-state index contributed by atoms with van der Waals surface area (Å²) >= 11 is 0. The summed E-state index contributed by atoms with van der Waals surface area (Å²) in [6.45, 7) is 9.61. The van der Waals surface area contributed by atoms with Crippen molar-refractivity contribution < 1.29 is 18.7 Å². The Bertz CT molecular complexity index is 1290. The molecule has 0 radical (unpaired) electrons. The van der Waals surface area contributed by atoms with Crippen LogP contribution in [0.25, 0.3) is 0 Å². The molecule has 0 N–H and O–H groups in total. The number of nitrogens with zero attached hydrogens (tertiary/aromatic N) is 2. The molecule has 4 aromatic rings. The highest BCUT2D eigenvalue weighted by molar-refractivity contribution is 6.99. The minimum Gasteiger partial charge on any atom is -0.497 e. The summed E-state index contributed by atoms with van der Waals surface area (Å²) in [7, 11) is -1.12. The van der Waals surface area contributed by atoms with Gasteiger partial charge in [-0.2, -0.15) is 5.10 Å². The van der Waals surface area contributed by atoms with Gasteiger partial charge in [-0.3, -0.25) is 4.68 Å². The van der Waals surface area contributed by atoms with Crippen molar-refractivity contribution in [3.63, 3.8) is 0 Å². The predicted molar refractivity (Wildman–Crippen MR) is 153 cm³/mol. The lowest BCUT2D eigenvalue weighted by atomic mass is 10.2. The van der Waals surface area contributed by atoms with Crippen molar-refractivity contribution in [1.29, 1.82) is 0 Å². The van der Waals surface area contributed by atoms with Gasteiger partial charge in [-0.25, -0.2) is 4.79 Å². The molecule has 0 saturated heterocycles. The van der Waals surface area contributed by atoms with E-state index in [1.54, 1.807) is 20.1 Å². The standard InChI is InChI=1S/C31H36N2O4Si/c1-6-36-30(34)29-21-25(33(32-29)22-24-17-19-26(35-5)20-18-24)23-37-38(31(2,3)4,27-13-9-7-10-14-27)28-15-11-8-12-16-28/h7-21H,6,22-23H2,1-5H3. The van der Waals surface area contributed by atoms with Gasteiger partial charge in [0.15, 0.2) is 5.69 Å². The van der Waals surface area contributed by atoms with Crippen LogP contribution >= 0.6 is 0 Å². The van der Waals surface area contributed by atoms with Gasteiger partial charge in [-0.05, 0) is 46.1 Å². The molecule has 0 saturated carbocycles. The Morgan fingerprint density at radius 2 is 1.47 bits per heavy atom. The van der Waals surface area contributed by atoms with E-state index in [4.69, 9.17) is 13.9 Å². The number of methoxy groups -OCH3 is 1. The molecule has 4 rings (SSSR count). The second-order valence-electron chi connectivity index (χ2n) is 10.2. The Hall–Kier alpha value is -3.68. The largest absolute Gasteiger partial charge is 0.497 e. The zero-order valence-corrected chi connectivity index (χ0v) is 23.8. The number of ether oxygens (including phenoxy) is 2. The number of esters is 1. The molecular weight excluding hydrogens is 492 g/mol. The molecule has 0 fully saturated rings. The van der Waals surface area contributed by atoms with Crippen molar-refractivity contribution in [3.8, 4) is 5.75 Å². The Morgan fingerprint density at radius 3 is 1.97 bits per heavy atom. The molecule has 1 aromatic heterocycles. The predicted octanol–water partition coefficient (Wildman–Crippen LogP) is 5.19. The average molecular weight is 529 g/mol. The van der Waals surface area contributed by atoms with Gasteiger partial charge in [-0.1, -0.05) is 93.6 Å². The lowest BCUT2D eigenvalue weighted by molar-refractivity contribution is 0.0518. The number of carbonyl (C=O) groups excluding carboxylic acids is 1. The lowest BCUT2D eigenvalue weighted by Crippen LogP contribution is -2.66. The van der Waals surface area contributed by atoms with Crippen molar-refractivity contribution in [1.82, 2.24) is 9.78 Å².